The summed E-state index contributed by atoms with van der Waals surface area (Å²) in [6.07, 6.45) is 14.2. The third-order valence-electron chi connectivity index (χ3n) is 9.51. The second-order valence-corrected chi connectivity index (χ2v) is 12.0. The molecule has 0 amide bonds. The molecule has 0 spiro atoms. The average Bonchev–Trinajstić information content (AvgIpc) is 2.97. The molecule has 0 heterocycles. The van der Waals surface area contributed by atoms with Crippen molar-refractivity contribution in [2.75, 3.05) is 0 Å². The fraction of sp³-hybridized carbons (Fsp3) is 0.444. The number of carbonyl (C=O) groups excluding carboxylic acids is 1. The zero-order valence-electron chi connectivity index (χ0n) is 23.7. The number of rotatable bonds is 8. The molecular formula is C36H43NO2. The molecule has 3 heteroatoms. The van der Waals surface area contributed by atoms with E-state index in [-0.39, 0.29) is 12.1 Å². The van der Waals surface area contributed by atoms with E-state index in [0.29, 0.717) is 11.8 Å². The van der Waals surface area contributed by atoms with Crippen LogP contribution in [0.15, 0.2) is 61.2 Å². The Morgan fingerprint density at radius 2 is 1.59 bits per heavy atom. The fourth-order valence-corrected chi connectivity index (χ4v) is 6.88. The van der Waals surface area contributed by atoms with Crippen LogP contribution in [0.3, 0.4) is 0 Å². The molecule has 204 valence electrons. The Hall–Kier alpha value is -3.20. The normalized spacial score (nSPS) is 23.3. The number of aryl methyl sites for hydroxylation is 3. The van der Waals surface area contributed by atoms with Gasteiger partial charge in [-0.15, -0.1) is 0 Å². The minimum Gasteiger partial charge on any atom is -0.459 e. The lowest BCUT2D eigenvalue weighted by molar-refractivity contribution is -0.144. The van der Waals surface area contributed by atoms with Crippen molar-refractivity contribution in [2.24, 2.45) is 5.92 Å². The van der Waals surface area contributed by atoms with Crippen molar-refractivity contribution in [2.45, 2.75) is 96.0 Å². The minimum atomic E-state index is -0.318. The number of fused-ring (bicyclic) bond motifs is 1. The molecule has 2 aliphatic rings. The molecule has 5 rings (SSSR count). The predicted octanol–water partition coefficient (Wildman–Crippen LogP) is 9.12. The molecule has 2 fully saturated rings. The highest BCUT2D eigenvalue weighted by Crippen LogP contribution is 2.40. The lowest BCUT2D eigenvalue weighted by atomic mass is 9.76. The topological polar surface area (TPSA) is 50.2 Å². The molecule has 39 heavy (non-hydrogen) atoms. The third kappa shape index (κ3) is 6.52. The molecule has 0 saturated heterocycles. The Kier molecular flexibility index (Phi) is 8.65. The zero-order valence-corrected chi connectivity index (χ0v) is 23.7. The first-order valence-corrected chi connectivity index (χ1v) is 14.9. The van der Waals surface area contributed by atoms with Gasteiger partial charge in [-0.1, -0.05) is 49.0 Å². The van der Waals surface area contributed by atoms with E-state index in [1.807, 2.05) is 0 Å². The Labute approximate surface area is 234 Å². The molecule has 2 saturated carbocycles. The standard InChI is InChI=1S/C36H43NO2/c1-4-36(38)39-34-17-15-28(16-18-34)30-13-14-31-20-32(21-33(23-37)35(31)22-30)29-11-9-26(10-12-29)7-8-27-6-5-24(2)25(3)19-27/h4-6,13-14,19-23,26,28-29,34,37H,1,7-12,15-18H2,2-3H3. The van der Waals surface area contributed by atoms with Gasteiger partial charge in [-0.2, -0.15) is 0 Å². The number of benzene rings is 3. The first-order valence-electron chi connectivity index (χ1n) is 14.9. The van der Waals surface area contributed by atoms with Crippen molar-refractivity contribution in [3.63, 3.8) is 0 Å². The molecule has 0 unspecified atom stereocenters. The van der Waals surface area contributed by atoms with Gasteiger partial charge in [-0.3, -0.25) is 0 Å². The van der Waals surface area contributed by atoms with Crippen LogP contribution in [0.1, 0.15) is 103 Å². The van der Waals surface area contributed by atoms with Crippen molar-refractivity contribution in [1.29, 1.82) is 5.41 Å². The Morgan fingerprint density at radius 1 is 0.872 bits per heavy atom. The Balaban J connectivity index is 1.21. The molecule has 1 N–H and O–H groups in total. The van der Waals surface area contributed by atoms with Crippen molar-refractivity contribution in [3.05, 3.63) is 94.6 Å². The van der Waals surface area contributed by atoms with E-state index >= 15 is 0 Å². The van der Waals surface area contributed by atoms with Gasteiger partial charge in [0, 0.05) is 17.9 Å². The van der Waals surface area contributed by atoms with Crippen LogP contribution in [-0.4, -0.2) is 18.3 Å². The highest BCUT2D eigenvalue weighted by molar-refractivity contribution is 5.99. The van der Waals surface area contributed by atoms with Crippen LogP contribution >= 0.6 is 0 Å². The van der Waals surface area contributed by atoms with E-state index in [2.05, 4.69) is 69.0 Å². The van der Waals surface area contributed by atoms with E-state index in [4.69, 9.17) is 10.1 Å². The summed E-state index contributed by atoms with van der Waals surface area (Å²) in [5.74, 6) is 1.58. The summed E-state index contributed by atoms with van der Waals surface area (Å²) < 4.78 is 5.46. The highest BCUT2D eigenvalue weighted by atomic mass is 16.5. The smallest absolute Gasteiger partial charge is 0.330 e. The van der Waals surface area contributed by atoms with E-state index in [0.717, 1.165) is 37.2 Å². The number of hydrogen-bond donors (Lipinski definition) is 1. The Bertz CT molecular complexity index is 1340. The summed E-state index contributed by atoms with van der Waals surface area (Å²) in [5, 5.41) is 10.6. The largest absolute Gasteiger partial charge is 0.459 e. The summed E-state index contributed by atoms with van der Waals surface area (Å²) in [6.45, 7) is 7.91. The van der Waals surface area contributed by atoms with Crippen molar-refractivity contribution in [1.82, 2.24) is 0 Å². The molecule has 3 nitrogen and oxygen atoms in total. The average molecular weight is 522 g/mol. The van der Waals surface area contributed by atoms with Crippen molar-refractivity contribution < 1.29 is 9.53 Å². The second-order valence-electron chi connectivity index (χ2n) is 12.0. The monoisotopic (exact) mass is 521 g/mol. The lowest BCUT2D eigenvalue weighted by Gasteiger charge is -2.30. The maximum absolute atomic E-state index is 11.5. The van der Waals surface area contributed by atoms with Gasteiger partial charge in [-0.25, -0.2) is 4.79 Å². The molecule has 0 aromatic heterocycles. The number of nitrogens with one attached hydrogen (secondary N) is 1. The van der Waals surface area contributed by atoms with Crippen LogP contribution in [0.25, 0.3) is 10.8 Å². The number of ether oxygens (including phenoxy) is 1. The molecule has 0 radical (unpaired) electrons. The molecule has 0 aliphatic heterocycles. The van der Waals surface area contributed by atoms with Gasteiger partial charge in [0.1, 0.15) is 6.10 Å². The minimum absolute atomic E-state index is 0.00814. The summed E-state index contributed by atoms with van der Waals surface area (Å²) in [4.78, 5) is 11.5. The van der Waals surface area contributed by atoms with E-state index < -0.39 is 0 Å². The van der Waals surface area contributed by atoms with Crippen LogP contribution in [0.4, 0.5) is 0 Å². The molecule has 3 aromatic carbocycles. The van der Waals surface area contributed by atoms with Gasteiger partial charge in [0.05, 0.1) is 0 Å². The van der Waals surface area contributed by atoms with Crippen LogP contribution in [0, 0.1) is 25.2 Å². The highest BCUT2D eigenvalue weighted by Gasteiger charge is 2.26. The molecular weight excluding hydrogens is 478 g/mol. The van der Waals surface area contributed by atoms with Gasteiger partial charge in [-0.05, 0) is 140 Å². The fourth-order valence-electron chi connectivity index (χ4n) is 6.88. The Morgan fingerprint density at radius 3 is 2.28 bits per heavy atom. The predicted molar refractivity (Wildman–Crippen MR) is 162 cm³/mol. The molecule has 2 aliphatic carbocycles. The van der Waals surface area contributed by atoms with Gasteiger partial charge in [0.15, 0.2) is 0 Å². The number of esters is 1. The van der Waals surface area contributed by atoms with Gasteiger partial charge < -0.3 is 10.1 Å². The third-order valence-corrected chi connectivity index (χ3v) is 9.51. The van der Waals surface area contributed by atoms with Crippen molar-refractivity contribution in [3.8, 4) is 0 Å². The summed E-state index contributed by atoms with van der Waals surface area (Å²) in [6, 6.07) is 18.5. The number of carbonyl (C=O) groups is 1. The van der Waals surface area contributed by atoms with E-state index in [1.54, 1.807) is 0 Å². The quantitative estimate of drug-likeness (QED) is 0.182. The van der Waals surface area contributed by atoms with Gasteiger partial charge in [0.25, 0.3) is 0 Å². The maximum atomic E-state index is 11.5. The van der Waals surface area contributed by atoms with Gasteiger partial charge >= 0.3 is 5.97 Å². The first-order chi connectivity index (χ1) is 18.9. The lowest BCUT2D eigenvalue weighted by Crippen LogP contribution is -2.23. The van der Waals surface area contributed by atoms with Crippen LogP contribution in [0.5, 0.6) is 0 Å². The maximum Gasteiger partial charge on any atom is 0.330 e. The summed E-state index contributed by atoms with van der Waals surface area (Å²) >= 11 is 0. The van der Waals surface area contributed by atoms with Crippen LogP contribution < -0.4 is 0 Å². The van der Waals surface area contributed by atoms with E-state index in [1.165, 1.54) is 89.4 Å². The zero-order chi connectivity index (χ0) is 27.4. The van der Waals surface area contributed by atoms with Crippen LogP contribution in [0.2, 0.25) is 0 Å². The van der Waals surface area contributed by atoms with Gasteiger partial charge in [0.2, 0.25) is 0 Å². The number of hydrogen-bond acceptors (Lipinski definition) is 3. The molecule has 3 aromatic rings. The first kappa shape index (κ1) is 27.4. The van der Waals surface area contributed by atoms with Crippen molar-refractivity contribution >= 4 is 23.0 Å². The molecule has 0 bridgehead atoms. The summed E-state index contributed by atoms with van der Waals surface area (Å²) in [7, 11) is 0. The van der Waals surface area contributed by atoms with E-state index in [9.17, 15) is 4.79 Å². The van der Waals surface area contributed by atoms with Crippen LogP contribution in [-0.2, 0) is 16.0 Å². The second kappa shape index (κ2) is 12.3. The molecule has 0 atom stereocenters. The SMILES string of the molecule is C=CC(=O)OC1CCC(c2ccc3cc(C4CCC(CCc5ccc(C)c(C)c5)CC4)cc(C=N)c3c2)CC1. The summed E-state index contributed by atoms with van der Waals surface area (Å²) in [5.41, 5.74) is 8.05.